The molecule has 0 aliphatic rings. The highest BCUT2D eigenvalue weighted by Gasteiger charge is 2.40. The fourth-order valence-corrected chi connectivity index (χ4v) is 4.17. The molecule has 0 saturated heterocycles. The summed E-state index contributed by atoms with van der Waals surface area (Å²) in [6.45, 7) is 4.37. The summed E-state index contributed by atoms with van der Waals surface area (Å²) in [5, 5.41) is 0. The molecule has 0 N–H and O–H groups in total. The topological polar surface area (TPSA) is 26.3 Å². The second kappa shape index (κ2) is 21.1. The zero-order valence-electron chi connectivity index (χ0n) is 20.4. The van der Waals surface area contributed by atoms with Crippen molar-refractivity contribution >= 4 is 5.97 Å². The van der Waals surface area contributed by atoms with Crippen molar-refractivity contribution in [2.24, 2.45) is 5.92 Å². The number of ether oxygens (including phenoxy) is 1. The molecule has 0 radical (unpaired) electrons. The molecule has 186 valence electrons. The Morgan fingerprint density at radius 2 is 0.968 bits per heavy atom. The van der Waals surface area contributed by atoms with Crippen LogP contribution >= 0.6 is 0 Å². The van der Waals surface area contributed by atoms with Crippen LogP contribution in [0.1, 0.15) is 142 Å². The van der Waals surface area contributed by atoms with Crippen LogP contribution in [0.2, 0.25) is 0 Å². The molecule has 2 nitrogen and oxygen atoms in total. The van der Waals surface area contributed by atoms with Gasteiger partial charge in [-0.05, 0) is 12.3 Å². The first-order valence-electron chi connectivity index (χ1n) is 13.2. The van der Waals surface area contributed by atoms with E-state index < -0.39 is 12.1 Å². The second-order valence-electron chi connectivity index (χ2n) is 9.17. The largest absolute Gasteiger partial charge is 0.490 e. The van der Waals surface area contributed by atoms with Crippen molar-refractivity contribution in [2.45, 2.75) is 148 Å². The number of alkyl halides is 3. The molecule has 5 heteroatoms. The minimum Gasteiger partial charge on any atom is -0.459 e. The molecular weight excluding hydrogens is 401 g/mol. The summed E-state index contributed by atoms with van der Waals surface area (Å²) in [6.07, 6.45) is 20.0. The van der Waals surface area contributed by atoms with E-state index in [1.807, 2.05) is 0 Å². The molecule has 0 aliphatic heterocycles. The van der Waals surface area contributed by atoms with Crippen molar-refractivity contribution in [1.82, 2.24) is 0 Å². The number of hydrogen-bond acceptors (Lipinski definition) is 2. The number of carbonyl (C=O) groups is 1. The lowest BCUT2D eigenvalue weighted by Gasteiger charge is -2.17. The van der Waals surface area contributed by atoms with Crippen molar-refractivity contribution in [3.05, 3.63) is 0 Å². The van der Waals surface area contributed by atoms with Gasteiger partial charge in [0.1, 0.15) is 0 Å². The Morgan fingerprint density at radius 3 is 1.39 bits per heavy atom. The number of carbonyl (C=O) groups excluding carboxylic acids is 1. The van der Waals surface area contributed by atoms with Gasteiger partial charge >= 0.3 is 12.1 Å². The fourth-order valence-electron chi connectivity index (χ4n) is 4.17. The van der Waals surface area contributed by atoms with E-state index in [1.54, 1.807) is 0 Å². The quantitative estimate of drug-likeness (QED) is 0.121. The Labute approximate surface area is 190 Å². The Hall–Kier alpha value is -0.740. The van der Waals surface area contributed by atoms with Crippen LogP contribution in [-0.2, 0) is 9.53 Å². The number of esters is 1. The van der Waals surface area contributed by atoms with Gasteiger partial charge in [0.15, 0.2) is 0 Å². The van der Waals surface area contributed by atoms with Gasteiger partial charge in [-0.15, -0.1) is 0 Å². The molecule has 0 saturated carbocycles. The third-order valence-corrected chi connectivity index (χ3v) is 6.15. The lowest BCUT2D eigenvalue weighted by atomic mass is 9.89. The molecular formula is C26H49F3O2. The standard InChI is InChI=1S/C26H49F3O2/c1-3-5-7-9-10-11-12-13-17-21-24(20-16-8-6-4-2)22-18-14-15-19-23-31-25(30)26(27,28)29/h24H,3-23H2,1-2H3. The van der Waals surface area contributed by atoms with Crippen molar-refractivity contribution in [3.63, 3.8) is 0 Å². The monoisotopic (exact) mass is 450 g/mol. The van der Waals surface area contributed by atoms with E-state index in [4.69, 9.17) is 0 Å². The third-order valence-electron chi connectivity index (χ3n) is 6.15. The summed E-state index contributed by atoms with van der Waals surface area (Å²) in [5.41, 5.74) is 0. The molecule has 0 rings (SSSR count). The van der Waals surface area contributed by atoms with Crippen LogP contribution in [0.4, 0.5) is 13.2 Å². The summed E-state index contributed by atoms with van der Waals surface area (Å²) >= 11 is 0. The Kier molecular flexibility index (Phi) is 20.6. The first kappa shape index (κ1) is 30.3. The molecule has 0 spiro atoms. The van der Waals surface area contributed by atoms with Crippen LogP contribution in [0.5, 0.6) is 0 Å². The van der Waals surface area contributed by atoms with E-state index in [9.17, 15) is 18.0 Å². The molecule has 0 bridgehead atoms. The maximum atomic E-state index is 12.1. The average Bonchev–Trinajstić information content (AvgIpc) is 2.73. The lowest BCUT2D eigenvalue weighted by molar-refractivity contribution is -0.199. The Bertz CT molecular complexity index is 397. The lowest BCUT2D eigenvalue weighted by Crippen LogP contribution is -2.25. The molecule has 1 atom stereocenters. The van der Waals surface area contributed by atoms with Crippen molar-refractivity contribution in [2.75, 3.05) is 6.61 Å². The molecule has 0 heterocycles. The summed E-state index contributed by atoms with van der Waals surface area (Å²) in [4.78, 5) is 10.7. The van der Waals surface area contributed by atoms with E-state index in [0.29, 0.717) is 6.42 Å². The third kappa shape index (κ3) is 20.9. The number of halogens is 3. The van der Waals surface area contributed by atoms with Gasteiger partial charge in [-0.2, -0.15) is 13.2 Å². The van der Waals surface area contributed by atoms with Crippen LogP contribution in [0.3, 0.4) is 0 Å². The normalized spacial score (nSPS) is 12.8. The Morgan fingerprint density at radius 1 is 0.613 bits per heavy atom. The van der Waals surface area contributed by atoms with Gasteiger partial charge in [-0.3, -0.25) is 0 Å². The highest BCUT2D eigenvalue weighted by atomic mass is 19.4. The molecule has 0 aromatic carbocycles. The van der Waals surface area contributed by atoms with Crippen molar-refractivity contribution in [3.8, 4) is 0 Å². The van der Waals surface area contributed by atoms with Crippen LogP contribution < -0.4 is 0 Å². The molecule has 1 unspecified atom stereocenters. The molecule has 0 aromatic rings. The number of rotatable bonds is 22. The average molecular weight is 451 g/mol. The van der Waals surface area contributed by atoms with Gasteiger partial charge in [0.2, 0.25) is 0 Å². The van der Waals surface area contributed by atoms with Gasteiger partial charge in [0.25, 0.3) is 0 Å². The summed E-state index contributed by atoms with van der Waals surface area (Å²) in [5.74, 6) is -1.27. The smallest absolute Gasteiger partial charge is 0.459 e. The highest BCUT2D eigenvalue weighted by Crippen LogP contribution is 2.24. The SMILES string of the molecule is CCCCCCCCCCCC(CCCCCC)CCCCCCOC(=O)C(F)(F)F. The zero-order chi connectivity index (χ0) is 23.2. The van der Waals surface area contributed by atoms with Gasteiger partial charge in [0, 0.05) is 0 Å². The van der Waals surface area contributed by atoms with Crippen molar-refractivity contribution in [1.29, 1.82) is 0 Å². The molecule has 0 aliphatic carbocycles. The molecule has 31 heavy (non-hydrogen) atoms. The van der Waals surface area contributed by atoms with Crippen LogP contribution in [0.25, 0.3) is 0 Å². The van der Waals surface area contributed by atoms with Gasteiger partial charge in [-0.25, -0.2) is 4.79 Å². The van der Waals surface area contributed by atoms with Crippen molar-refractivity contribution < 1.29 is 22.7 Å². The predicted molar refractivity (Wildman–Crippen MR) is 124 cm³/mol. The molecule has 0 fully saturated rings. The van der Waals surface area contributed by atoms with E-state index in [1.165, 1.54) is 103 Å². The number of hydrogen-bond donors (Lipinski definition) is 0. The zero-order valence-corrected chi connectivity index (χ0v) is 20.4. The van der Waals surface area contributed by atoms with E-state index in [0.717, 1.165) is 25.2 Å². The highest BCUT2D eigenvalue weighted by molar-refractivity contribution is 5.75. The Balaban J connectivity index is 3.84. The van der Waals surface area contributed by atoms with Gasteiger partial charge in [0.05, 0.1) is 6.61 Å². The second-order valence-corrected chi connectivity index (χ2v) is 9.17. The number of unbranched alkanes of at least 4 members (excludes halogenated alkanes) is 14. The van der Waals surface area contributed by atoms with Gasteiger partial charge in [-0.1, -0.05) is 136 Å². The minimum atomic E-state index is -4.87. The van der Waals surface area contributed by atoms with E-state index in [2.05, 4.69) is 18.6 Å². The van der Waals surface area contributed by atoms with E-state index in [-0.39, 0.29) is 6.61 Å². The van der Waals surface area contributed by atoms with Crippen LogP contribution in [0.15, 0.2) is 0 Å². The van der Waals surface area contributed by atoms with E-state index >= 15 is 0 Å². The summed E-state index contributed by atoms with van der Waals surface area (Å²) in [7, 11) is 0. The van der Waals surface area contributed by atoms with Crippen LogP contribution in [-0.4, -0.2) is 18.8 Å². The molecule has 0 aromatic heterocycles. The summed E-state index contributed by atoms with van der Waals surface area (Å²) < 4.78 is 40.5. The molecule has 0 amide bonds. The minimum absolute atomic E-state index is 0.128. The maximum absolute atomic E-state index is 12.1. The fraction of sp³-hybridized carbons (Fsp3) is 0.962. The maximum Gasteiger partial charge on any atom is 0.490 e. The predicted octanol–water partition coefficient (Wildman–Crippen LogP) is 9.55. The van der Waals surface area contributed by atoms with Gasteiger partial charge < -0.3 is 4.74 Å². The summed E-state index contributed by atoms with van der Waals surface area (Å²) in [6, 6.07) is 0. The first-order valence-corrected chi connectivity index (χ1v) is 13.2. The first-order chi connectivity index (χ1) is 14.9. The van der Waals surface area contributed by atoms with Crippen LogP contribution in [0, 0.1) is 5.92 Å².